The Kier molecular flexibility index (Phi) is 5.63. The van der Waals surface area contributed by atoms with Crippen LogP contribution in [0.25, 0.3) is 0 Å². The summed E-state index contributed by atoms with van der Waals surface area (Å²) in [5.74, 6) is 1.10. The molecule has 134 valence electrons. The summed E-state index contributed by atoms with van der Waals surface area (Å²) in [6, 6.07) is 16.4. The molecule has 0 aliphatic rings. The Morgan fingerprint density at radius 3 is 2.38 bits per heavy atom. The van der Waals surface area contributed by atoms with Crippen LogP contribution in [-0.2, 0) is 0 Å². The number of benzene rings is 2. The molecule has 0 unspecified atom stereocenters. The SMILES string of the molecule is CCN(CC)c1ccc(Nc2cnnc(Nc3cccc(C)c3)n2)cc1. The summed E-state index contributed by atoms with van der Waals surface area (Å²) in [6.07, 6.45) is 1.61. The fraction of sp³-hybridized carbons (Fsp3) is 0.250. The van der Waals surface area contributed by atoms with E-state index in [-0.39, 0.29) is 0 Å². The Hall–Kier alpha value is -3.15. The summed E-state index contributed by atoms with van der Waals surface area (Å²) in [7, 11) is 0. The normalized spacial score (nSPS) is 10.4. The molecule has 0 spiro atoms. The zero-order valence-electron chi connectivity index (χ0n) is 15.4. The van der Waals surface area contributed by atoms with Crippen LogP contribution in [0.3, 0.4) is 0 Å². The van der Waals surface area contributed by atoms with Crippen molar-refractivity contribution in [3.05, 3.63) is 60.3 Å². The van der Waals surface area contributed by atoms with Gasteiger partial charge >= 0.3 is 0 Å². The lowest BCUT2D eigenvalue weighted by Gasteiger charge is -2.21. The third kappa shape index (κ3) is 4.47. The molecule has 0 amide bonds. The molecule has 0 aliphatic heterocycles. The second kappa shape index (κ2) is 8.29. The molecule has 0 bridgehead atoms. The molecule has 26 heavy (non-hydrogen) atoms. The molecule has 1 aromatic heterocycles. The Morgan fingerprint density at radius 1 is 0.923 bits per heavy atom. The smallest absolute Gasteiger partial charge is 0.249 e. The number of aryl methyl sites for hydroxylation is 1. The van der Waals surface area contributed by atoms with Gasteiger partial charge in [-0.3, -0.25) is 0 Å². The molecule has 0 aliphatic carbocycles. The third-order valence-electron chi connectivity index (χ3n) is 4.10. The van der Waals surface area contributed by atoms with Crippen molar-refractivity contribution in [3.8, 4) is 0 Å². The van der Waals surface area contributed by atoms with Crippen molar-refractivity contribution in [2.45, 2.75) is 20.8 Å². The van der Waals surface area contributed by atoms with Crippen LogP contribution in [0, 0.1) is 6.92 Å². The van der Waals surface area contributed by atoms with Crippen LogP contribution < -0.4 is 15.5 Å². The van der Waals surface area contributed by atoms with Crippen LogP contribution in [-0.4, -0.2) is 28.3 Å². The van der Waals surface area contributed by atoms with Gasteiger partial charge in [-0.1, -0.05) is 12.1 Å². The molecule has 1 heterocycles. The zero-order chi connectivity index (χ0) is 18.4. The predicted molar refractivity (Wildman–Crippen MR) is 108 cm³/mol. The summed E-state index contributed by atoms with van der Waals surface area (Å²) >= 11 is 0. The van der Waals surface area contributed by atoms with Gasteiger partial charge in [-0.05, 0) is 62.7 Å². The molecule has 6 nitrogen and oxygen atoms in total. The number of anilines is 5. The molecule has 0 fully saturated rings. The Morgan fingerprint density at radius 2 is 1.69 bits per heavy atom. The number of nitrogens with one attached hydrogen (secondary N) is 2. The van der Waals surface area contributed by atoms with Gasteiger partial charge in [-0.15, -0.1) is 5.10 Å². The van der Waals surface area contributed by atoms with Gasteiger partial charge in [0.15, 0.2) is 5.82 Å². The van der Waals surface area contributed by atoms with E-state index in [0.717, 1.165) is 24.5 Å². The molecule has 6 heteroatoms. The van der Waals surface area contributed by atoms with Gasteiger partial charge < -0.3 is 15.5 Å². The van der Waals surface area contributed by atoms with Crippen molar-refractivity contribution >= 4 is 28.8 Å². The van der Waals surface area contributed by atoms with Crippen LogP contribution >= 0.6 is 0 Å². The van der Waals surface area contributed by atoms with Gasteiger partial charge in [0.05, 0.1) is 6.20 Å². The topological polar surface area (TPSA) is 66.0 Å². The second-order valence-electron chi connectivity index (χ2n) is 6.00. The van der Waals surface area contributed by atoms with Gasteiger partial charge in [-0.2, -0.15) is 10.1 Å². The van der Waals surface area contributed by atoms with Crippen LogP contribution in [0.4, 0.5) is 28.8 Å². The molecular formula is C20H24N6. The molecule has 0 saturated heterocycles. The highest BCUT2D eigenvalue weighted by Gasteiger charge is 2.04. The van der Waals surface area contributed by atoms with E-state index in [9.17, 15) is 0 Å². The van der Waals surface area contributed by atoms with Gasteiger partial charge in [0.25, 0.3) is 0 Å². The fourth-order valence-electron chi connectivity index (χ4n) is 2.76. The van der Waals surface area contributed by atoms with Crippen molar-refractivity contribution in [2.75, 3.05) is 28.6 Å². The van der Waals surface area contributed by atoms with Crippen molar-refractivity contribution in [3.63, 3.8) is 0 Å². The van der Waals surface area contributed by atoms with E-state index in [1.165, 1.54) is 11.3 Å². The molecule has 3 aromatic rings. The number of hydrogen-bond acceptors (Lipinski definition) is 6. The average molecular weight is 348 g/mol. The Bertz CT molecular complexity index is 843. The Balaban J connectivity index is 1.70. The van der Waals surface area contributed by atoms with Crippen molar-refractivity contribution in [1.29, 1.82) is 0 Å². The number of hydrogen-bond donors (Lipinski definition) is 2. The van der Waals surface area contributed by atoms with Crippen molar-refractivity contribution < 1.29 is 0 Å². The summed E-state index contributed by atoms with van der Waals surface area (Å²) in [5.41, 5.74) is 4.28. The lowest BCUT2D eigenvalue weighted by Crippen LogP contribution is -2.21. The van der Waals surface area contributed by atoms with E-state index in [4.69, 9.17) is 0 Å². The lowest BCUT2D eigenvalue weighted by molar-refractivity contribution is 0.866. The first-order valence-electron chi connectivity index (χ1n) is 8.83. The summed E-state index contributed by atoms with van der Waals surface area (Å²) in [6.45, 7) is 8.35. The maximum Gasteiger partial charge on any atom is 0.249 e. The highest BCUT2D eigenvalue weighted by Crippen LogP contribution is 2.21. The molecule has 0 atom stereocenters. The molecule has 2 N–H and O–H groups in total. The van der Waals surface area contributed by atoms with Crippen LogP contribution in [0.1, 0.15) is 19.4 Å². The zero-order valence-corrected chi connectivity index (χ0v) is 15.4. The van der Waals surface area contributed by atoms with Gasteiger partial charge in [0.1, 0.15) is 0 Å². The largest absolute Gasteiger partial charge is 0.372 e. The van der Waals surface area contributed by atoms with E-state index in [0.29, 0.717) is 11.8 Å². The molecule has 3 rings (SSSR count). The van der Waals surface area contributed by atoms with Crippen molar-refractivity contribution in [2.24, 2.45) is 0 Å². The van der Waals surface area contributed by atoms with E-state index in [1.807, 2.05) is 43.3 Å². The Labute approximate surface area is 154 Å². The first-order chi connectivity index (χ1) is 12.7. The molecule has 0 saturated carbocycles. The quantitative estimate of drug-likeness (QED) is 0.655. The predicted octanol–water partition coefficient (Wildman–Crippen LogP) is 4.51. The fourth-order valence-corrected chi connectivity index (χ4v) is 2.76. The summed E-state index contributed by atoms with van der Waals surface area (Å²) in [5, 5.41) is 14.5. The van der Waals surface area contributed by atoms with Gasteiger partial charge in [-0.25, -0.2) is 0 Å². The summed E-state index contributed by atoms with van der Waals surface area (Å²) in [4.78, 5) is 6.78. The molecule has 0 radical (unpaired) electrons. The van der Waals surface area contributed by atoms with Crippen LogP contribution in [0.2, 0.25) is 0 Å². The monoisotopic (exact) mass is 348 g/mol. The van der Waals surface area contributed by atoms with Gasteiger partial charge in [0.2, 0.25) is 5.95 Å². The van der Waals surface area contributed by atoms with E-state index < -0.39 is 0 Å². The molecule has 2 aromatic carbocycles. The minimum absolute atomic E-state index is 0.459. The van der Waals surface area contributed by atoms with Crippen LogP contribution in [0.5, 0.6) is 0 Å². The standard InChI is InChI=1S/C20H24N6/c1-4-26(5-2)18-11-9-16(10-12-18)22-19-14-21-25-20(24-19)23-17-8-6-7-15(3)13-17/h6-14H,4-5H2,1-3H3,(H2,22,23,24,25). The minimum Gasteiger partial charge on any atom is -0.372 e. The molecular weight excluding hydrogens is 324 g/mol. The van der Waals surface area contributed by atoms with E-state index in [2.05, 4.69) is 56.7 Å². The number of nitrogens with zero attached hydrogens (tertiary/aromatic N) is 4. The van der Waals surface area contributed by atoms with Crippen LogP contribution in [0.15, 0.2) is 54.7 Å². The third-order valence-corrected chi connectivity index (χ3v) is 4.10. The first kappa shape index (κ1) is 17.7. The first-order valence-corrected chi connectivity index (χ1v) is 8.83. The van der Waals surface area contributed by atoms with Gasteiger partial charge in [0, 0.05) is 30.2 Å². The number of rotatable bonds is 7. The van der Waals surface area contributed by atoms with E-state index in [1.54, 1.807) is 6.20 Å². The minimum atomic E-state index is 0.459. The number of aromatic nitrogens is 3. The van der Waals surface area contributed by atoms with E-state index >= 15 is 0 Å². The highest BCUT2D eigenvalue weighted by atomic mass is 15.3. The maximum atomic E-state index is 4.48. The lowest BCUT2D eigenvalue weighted by atomic mass is 10.2. The second-order valence-corrected chi connectivity index (χ2v) is 6.00. The van der Waals surface area contributed by atoms with Crippen molar-refractivity contribution in [1.82, 2.24) is 15.2 Å². The summed E-state index contributed by atoms with van der Waals surface area (Å²) < 4.78 is 0. The highest BCUT2D eigenvalue weighted by molar-refractivity contribution is 5.62. The average Bonchev–Trinajstić information content (AvgIpc) is 2.64. The maximum absolute atomic E-state index is 4.48.